The molecule has 0 radical (unpaired) electrons. The van der Waals surface area contributed by atoms with E-state index in [1.54, 1.807) is 0 Å². The first-order chi connectivity index (χ1) is 6.10. The largest absolute Gasteiger partial charge is 0.550 e. The SMILES string of the molecule is CC1=NCCC1(CCO)CC(=O)[O-]. The Balaban J connectivity index is 2.75. The summed E-state index contributed by atoms with van der Waals surface area (Å²) >= 11 is 0. The zero-order valence-electron chi connectivity index (χ0n) is 7.75. The summed E-state index contributed by atoms with van der Waals surface area (Å²) in [6, 6.07) is 0. The van der Waals surface area contributed by atoms with Crippen LogP contribution in [-0.2, 0) is 4.79 Å². The van der Waals surface area contributed by atoms with Crippen LogP contribution in [0.25, 0.3) is 0 Å². The molecule has 0 saturated heterocycles. The maximum atomic E-state index is 10.5. The summed E-state index contributed by atoms with van der Waals surface area (Å²) in [5.41, 5.74) is 0.402. The van der Waals surface area contributed by atoms with Crippen molar-refractivity contribution < 1.29 is 15.0 Å². The van der Waals surface area contributed by atoms with Crippen molar-refractivity contribution in [1.82, 2.24) is 0 Å². The highest BCUT2D eigenvalue weighted by molar-refractivity contribution is 5.92. The van der Waals surface area contributed by atoms with E-state index < -0.39 is 11.4 Å². The first-order valence-corrected chi connectivity index (χ1v) is 4.43. The van der Waals surface area contributed by atoms with Crippen LogP contribution in [0.2, 0.25) is 0 Å². The maximum Gasteiger partial charge on any atom is 0.0440 e. The number of nitrogens with zero attached hydrogens (tertiary/aromatic N) is 1. The van der Waals surface area contributed by atoms with Crippen LogP contribution < -0.4 is 5.11 Å². The smallest absolute Gasteiger partial charge is 0.0440 e. The minimum absolute atomic E-state index is 0.000139. The fourth-order valence-electron chi connectivity index (χ4n) is 1.89. The van der Waals surface area contributed by atoms with E-state index in [0.717, 1.165) is 5.71 Å². The lowest BCUT2D eigenvalue weighted by atomic mass is 9.76. The van der Waals surface area contributed by atoms with Gasteiger partial charge in [0, 0.05) is 30.2 Å². The normalized spacial score (nSPS) is 27.4. The third kappa shape index (κ3) is 2.06. The van der Waals surface area contributed by atoms with Crippen LogP contribution >= 0.6 is 0 Å². The summed E-state index contributed by atoms with van der Waals surface area (Å²) < 4.78 is 0. The quantitative estimate of drug-likeness (QED) is 0.631. The molecule has 13 heavy (non-hydrogen) atoms. The topological polar surface area (TPSA) is 72.7 Å². The Morgan fingerprint density at radius 2 is 2.46 bits per heavy atom. The Labute approximate surface area is 77.3 Å². The summed E-state index contributed by atoms with van der Waals surface area (Å²) in [6.45, 7) is 2.49. The standard InChI is InChI=1S/C9H15NO3/c1-7-9(3-5-11,2-4-10-7)6-8(12)13/h11H,2-6H2,1H3,(H,12,13)/p-1. The number of carbonyl (C=O) groups excluding carboxylic acids is 1. The first-order valence-electron chi connectivity index (χ1n) is 4.43. The third-order valence-corrected chi connectivity index (χ3v) is 2.78. The van der Waals surface area contributed by atoms with Crippen LogP contribution in [0, 0.1) is 5.41 Å². The number of rotatable bonds is 4. The van der Waals surface area contributed by atoms with Crippen LogP contribution in [0.5, 0.6) is 0 Å². The highest BCUT2D eigenvalue weighted by atomic mass is 16.4. The van der Waals surface area contributed by atoms with E-state index >= 15 is 0 Å². The molecule has 1 aliphatic heterocycles. The summed E-state index contributed by atoms with van der Waals surface area (Å²) in [5.74, 6) is -1.06. The van der Waals surface area contributed by atoms with Crippen LogP contribution in [0.3, 0.4) is 0 Å². The van der Waals surface area contributed by atoms with Crippen molar-refractivity contribution in [2.45, 2.75) is 26.2 Å². The summed E-state index contributed by atoms with van der Waals surface area (Å²) in [4.78, 5) is 14.7. The fraction of sp³-hybridized carbons (Fsp3) is 0.778. The van der Waals surface area contributed by atoms with E-state index in [4.69, 9.17) is 5.11 Å². The number of aliphatic hydroxyl groups is 1. The van der Waals surface area contributed by atoms with E-state index in [1.807, 2.05) is 6.92 Å². The average molecular weight is 184 g/mol. The van der Waals surface area contributed by atoms with Gasteiger partial charge >= 0.3 is 0 Å². The van der Waals surface area contributed by atoms with Crippen LogP contribution in [0.15, 0.2) is 4.99 Å². The molecule has 1 unspecified atom stereocenters. The predicted octanol–water partition coefficient (Wildman–Crippen LogP) is -0.640. The van der Waals surface area contributed by atoms with Gasteiger partial charge in [-0.25, -0.2) is 0 Å². The number of aliphatic imine (C=N–C) groups is 1. The van der Waals surface area contributed by atoms with Crippen molar-refractivity contribution in [3.8, 4) is 0 Å². The molecule has 1 heterocycles. The van der Waals surface area contributed by atoms with Gasteiger partial charge in [0.1, 0.15) is 0 Å². The van der Waals surface area contributed by atoms with Crippen LogP contribution in [0.4, 0.5) is 0 Å². The third-order valence-electron chi connectivity index (χ3n) is 2.78. The van der Waals surface area contributed by atoms with E-state index in [9.17, 15) is 9.90 Å². The molecule has 0 spiro atoms. The van der Waals surface area contributed by atoms with Crippen LogP contribution in [-0.4, -0.2) is 29.9 Å². The molecule has 4 nitrogen and oxygen atoms in total. The van der Waals surface area contributed by atoms with Gasteiger partial charge < -0.3 is 15.0 Å². The Kier molecular flexibility index (Phi) is 3.03. The van der Waals surface area contributed by atoms with Crippen molar-refractivity contribution >= 4 is 11.7 Å². The van der Waals surface area contributed by atoms with Crippen molar-refractivity contribution in [2.24, 2.45) is 10.4 Å². The summed E-state index contributed by atoms with van der Waals surface area (Å²) in [5, 5.41) is 19.4. The molecule has 4 heteroatoms. The van der Waals surface area contributed by atoms with E-state index in [-0.39, 0.29) is 13.0 Å². The Hall–Kier alpha value is -0.900. The number of hydrogen-bond acceptors (Lipinski definition) is 4. The average Bonchev–Trinajstić information content (AvgIpc) is 2.32. The molecular weight excluding hydrogens is 170 g/mol. The fourth-order valence-corrected chi connectivity index (χ4v) is 1.89. The van der Waals surface area contributed by atoms with Gasteiger partial charge in [0.2, 0.25) is 0 Å². The maximum absolute atomic E-state index is 10.5. The monoisotopic (exact) mass is 184 g/mol. The molecule has 0 amide bonds. The second-order valence-corrected chi connectivity index (χ2v) is 3.52. The lowest BCUT2D eigenvalue weighted by molar-refractivity contribution is -0.307. The number of hydrogen-bond donors (Lipinski definition) is 1. The zero-order valence-corrected chi connectivity index (χ0v) is 7.75. The Morgan fingerprint density at radius 3 is 2.85 bits per heavy atom. The van der Waals surface area contributed by atoms with Crippen LogP contribution in [0.1, 0.15) is 26.2 Å². The molecule has 0 aliphatic carbocycles. The molecule has 0 bridgehead atoms. The minimum atomic E-state index is -1.06. The molecule has 1 aliphatic rings. The molecule has 1 N–H and O–H groups in total. The zero-order chi connectivity index (χ0) is 9.90. The number of carboxylic acids is 1. The molecule has 74 valence electrons. The second-order valence-electron chi connectivity index (χ2n) is 3.52. The molecular formula is C9H14NO3-. The van der Waals surface area contributed by atoms with Crippen molar-refractivity contribution in [3.63, 3.8) is 0 Å². The molecule has 0 aromatic rings. The second kappa shape index (κ2) is 3.87. The van der Waals surface area contributed by atoms with Gasteiger partial charge in [-0.3, -0.25) is 4.99 Å². The number of carbonyl (C=O) groups is 1. The highest BCUT2D eigenvalue weighted by Crippen LogP contribution is 2.36. The van der Waals surface area contributed by atoms with Gasteiger partial charge in [-0.05, 0) is 26.2 Å². The molecule has 0 aromatic heterocycles. The highest BCUT2D eigenvalue weighted by Gasteiger charge is 2.35. The van der Waals surface area contributed by atoms with Gasteiger partial charge in [0.05, 0.1) is 0 Å². The first kappa shape index (κ1) is 10.2. The lowest BCUT2D eigenvalue weighted by Gasteiger charge is -2.29. The van der Waals surface area contributed by atoms with Crippen molar-refractivity contribution in [3.05, 3.63) is 0 Å². The number of aliphatic hydroxyl groups excluding tert-OH is 1. The number of carboxylic acid groups (broad SMARTS) is 1. The lowest BCUT2D eigenvalue weighted by Crippen LogP contribution is -2.36. The van der Waals surface area contributed by atoms with Crippen molar-refractivity contribution in [1.29, 1.82) is 0 Å². The molecule has 0 saturated carbocycles. The molecule has 1 atom stereocenters. The van der Waals surface area contributed by atoms with E-state index in [1.165, 1.54) is 0 Å². The Bertz CT molecular complexity index is 237. The van der Waals surface area contributed by atoms with E-state index in [0.29, 0.717) is 19.4 Å². The molecule has 0 fully saturated rings. The van der Waals surface area contributed by atoms with Gasteiger partial charge in [0.15, 0.2) is 0 Å². The summed E-state index contributed by atoms with van der Waals surface area (Å²) in [6.07, 6.45) is 1.16. The van der Waals surface area contributed by atoms with Gasteiger partial charge in [-0.1, -0.05) is 0 Å². The molecule has 0 aromatic carbocycles. The van der Waals surface area contributed by atoms with Gasteiger partial charge in [-0.2, -0.15) is 0 Å². The predicted molar refractivity (Wildman–Crippen MR) is 46.4 cm³/mol. The van der Waals surface area contributed by atoms with Crippen molar-refractivity contribution in [2.75, 3.05) is 13.2 Å². The minimum Gasteiger partial charge on any atom is -0.550 e. The van der Waals surface area contributed by atoms with Gasteiger partial charge in [0.25, 0.3) is 0 Å². The summed E-state index contributed by atoms with van der Waals surface area (Å²) in [7, 11) is 0. The number of aliphatic carboxylic acids is 1. The van der Waals surface area contributed by atoms with Gasteiger partial charge in [-0.15, -0.1) is 0 Å². The molecule has 1 rings (SSSR count). The Morgan fingerprint density at radius 1 is 1.77 bits per heavy atom. The van der Waals surface area contributed by atoms with E-state index in [2.05, 4.69) is 4.99 Å².